The van der Waals surface area contributed by atoms with Crippen molar-refractivity contribution in [3.63, 3.8) is 0 Å². The lowest BCUT2D eigenvalue weighted by atomic mass is 10.0. The highest BCUT2D eigenvalue weighted by Crippen LogP contribution is 2.29. The first-order chi connectivity index (χ1) is 14.9. The molecule has 2 aromatic heterocycles. The van der Waals surface area contributed by atoms with E-state index >= 15 is 0 Å². The Labute approximate surface area is 183 Å². The van der Waals surface area contributed by atoms with E-state index in [-0.39, 0.29) is 18.0 Å². The summed E-state index contributed by atoms with van der Waals surface area (Å²) in [7, 11) is 0. The zero-order chi connectivity index (χ0) is 22.0. The molecule has 0 saturated heterocycles. The molecular formula is C23H22N4O3S. The Balaban J connectivity index is 1.54. The summed E-state index contributed by atoms with van der Waals surface area (Å²) in [5.41, 5.74) is 4.17. The van der Waals surface area contributed by atoms with Gasteiger partial charge in [-0.1, -0.05) is 29.0 Å². The van der Waals surface area contributed by atoms with Crippen LogP contribution in [-0.4, -0.2) is 27.3 Å². The number of anilines is 1. The number of thiazole rings is 1. The number of aryl methyl sites for hydroxylation is 2. The maximum atomic E-state index is 12.6. The third kappa shape index (κ3) is 4.64. The molecule has 158 valence electrons. The Morgan fingerprint density at radius 1 is 1.13 bits per heavy atom. The average Bonchev–Trinajstić information content (AvgIpc) is 3.13. The number of carbonyl (C=O) groups is 1. The zero-order valence-corrected chi connectivity index (χ0v) is 18.3. The number of rotatable bonds is 6. The van der Waals surface area contributed by atoms with Gasteiger partial charge in [0.05, 0.1) is 22.5 Å². The topological polar surface area (TPSA) is 86.1 Å². The summed E-state index contributed by atoms with van der Waals surface area (Å²) in [6, 6.07) is 14.8. The fourth-order valence-corrected chi connectivity index (χ4v) is 4.14. The van der Waals surface area contributed by atoms with Gasteiger partial charge in [0.15, 0.2) is 5.13 Å². The van der Waals surface area contributed by atoms with E-state index in [1.807, 2.05) is 57.2 Å². The van der Waals surface area contributed by atoms with Crippen LogP contribution in [-0.2, 0) is 11.3 Å². The van der Waals surface area contributed by atoms with Crippen LogP contribution in [0.1, 0.15) is 18.1 Å². The van der Waals surface area contributed by atoms with Crippen LogP contribution in [0.4, 0.5) is 5.13 Å². The second-order valence-electron chi connectivity index (χ2n) is 7.16. The molecule has 0 aliphatic heterocycles. The minimum absolute atomic E-state index is 0.197. The van der Waals surface area contributed by atoms with Crippen molar-refractivity contribution in [2.45, 2.75) is 27.3 Å². The van der Waals surface area contributed by atoms with Crippen molar-refractivity contribution < 1.29 is 9.53 Å². The number of nitrogens with one attached hydrogen (secondary N) is 1. The van der Waals surface area contributed by atoms with Crippen molar-refractivity contribution in [1.82, 2.24) is 14.8 Å². The minimum Gasteiger partial charge on any atom is -0.494 e. The van der Waals surface area contributed by atoms with Gasteiger partial charge in [0.1, 0.15) is 12.3 Å². The molecular weight excluding hydrogens is 412 g/mol. The summed E-state index contributed by atoms with van der Waals surface area (Å²) in [4.78, 5) is 29.3. The molecule has 0 spiro atoms. The molecule has 8 heteroatoms. The van der Waals surface area contributed by atoms with Crippen LogP contribution < -0.4 is 15.6 Å². The Kier molecular flexibility index (Phi) is 5.81. The van der Waals surface area contributed by atoms with Gasteiger partial charge in [-0.2, -0.15) is 5.10 Å². The molecule has 2 heterocycles. The number of carbonyl (C=O) groups excluding carboxylic acids is 1. The Bertz CT molecular complexity index is 1330. The highest BCUT2D eigenvalue weighted by molar-refractivity contribution is 7.22. The van der Waals surface area contributed by atoms with E-state index in [0.717, 1.165) is 32.7 Å². The van der Waals surface area contributed by atoms with E-state index in [2.05, 4.69) is 15.4 Å². The largest absolute Gasteiger partial charge is 0.494 e. The van der Waals surface area contributed by atoms with E-state index in [1.54, 1.807) is 6.07 Å². The van der Waals surface area contributed by atoms with E-state index in [0.29, 0.717) is 17.4 Å². The van der Waals surface area contributed by atoms with Crippen LogP contribution in [0.2, 0.25) is 0 Å². The van der Waals surface area contributed by atoms with Crippen LogP contribution in [0.25, 0.3) is 21.5 Å². The predicted octanol–water partition coefficient (Wildman–Crippen LogP) is 4.17. The molecule has 7 nitrogen and oxygen atoms in total. The van der Waals surface area contributed by atoms with Crippen molar-refractivity contribution in [3.05, 3.63) is 70.0 Å². The smallest absolute Gasteiger partial charge is 0.267 e. The molecule has 1 N–H and O–H groups in total. The van der Waals surface area contributed by atoms with E-state index in [9.17, 15) is 9.59 Å². The molecule has 1 amide bonds. The van der Waals surface area contributed by atoms with Gasteiger partial charge in [-0.25, -0.2) is 9.67 Å². The van der Waals surface area contributed by atoms with Crippen LogP contribution in [0.3, 0.4) is 0 Å². The first-order valence-corrected chi connectivity index (χ1v) is 10.7. The molecule has 0 bridgehead atoms. The molecule has 0 aliphatic rings. The van der Waals surface area contributed by atoms with Crippen LogP contribution in [0.5, 0.6) is 5.75 Å². The van der Waals surface area contributed by atoms with Crippen molar-refractivity contribution in [1.29, 1.82) is 0 Å². The minimum atomic E-state index is -0.364. The number of nitrogens with zero attached hydrogens (tertiary/aromatic N) is 3. The summed E-state index contributed by atoms with van der Waals surface area (Å²) < 4.78 is 7.59. The van der Waals surface area contributed by atoms with Crippen LogP contribution >= 0.6 is 11.3 Å². The number of benzene rings is 2. The highest BCUT2D eigenvalue weighted by Gasteiger charge is 2.12. The van der Waals surface area contributed by atoms with E-state index in [4.69, 9.17) is 4.74 Å². The van der Waals surface area contributed by atoms with Crippen molar-refractivity contribution in [3.8, 4) is 17.0 Å². The molecule has 31 heavy (non-hydrogen) atoms. The van der Waals surface area contributed by atoms with Gasteiger partial charge in [-0.15, -0.1) is 0 Å². The number of hydrogen-bond donors (Lipinski definition) is 1. The number of amides is 1. The molecule has 2 aromatic carbocycles. The monoisotopic (exact) mass is 434 g/mol. The lowest BCUT2D eigenvalue weighted by molar-refractivity contribution is -0.117. The first-order valence-electron chi connectivity index (χ1n) is 9.92. The second kappa shape index (κ2) is 8.69. The van der Waals surface area contributed by atoms with Gasteiger partial charge < -0.3 is 10.1 Å². The van der Waals surface area contributed by atoms with Crippen LogP contribution in [0.15, 0.2) is 53.3 Å². The van der Waals surface area contributed by atoms with Crippen molar-refractivity contribution in [2.75, 3.05) is 11.9 Å². The average molecular weight is 435 g/mol. The normalized spacial score (nSPS) is 10.9. The highest BCUT2D eigenvalue weighted by atomic mass is 32.1. The number of hydrogen-bond acceptors (Lipinski definition) is 6. The maximum absolute atomic E-state index is 12.6. The molecule has 0 aliphatic carbocycles. The second-order valence-corrected chi connectivity index (χ2v) is 8.19. The first kappa shape index (κ1) is 20.7. The molecule has 0 atom stereocenters. The van der Waals surface area contributed by atoms with Gasteiger partial charge in [0.2, 0.25) is 5.91 Å². The lowest BCUT2D eigenvalue weighted by Crippen LogP contribution is -2.29. The molecule has 0 saturated carbocycles. The summed E-state index contributed by atoms with van der Waals surface area (Å²) in [6.07, 6.45) is 0. The summed E-state index contributed by atoms with van der Waals surface area (Å²) >= 11 is 1.35. The van der Waals surface area contributed by atoms with Crippen molar-refractivity contribution >= 4 is 32.6 Å². The zero-order valence-electron chi connectivity index (χ0n) is 17.5. The third-order valence-electron chi connectivity index (χ3n) is 4.75. The van der Waals surface area contributed by atoms with Gasteiger partial charge in [0, 0.05) is 11.6 Å². The maximum Gasteiger partial charge on any atom is 0.267 e. The fraction of sp³-hybridized carbons (Fsp3) is 0.217. The van der Waals surface area contributed by atoms with Crippen LogP contribution in [0, 0.1) is 13.8 Å². The molecule has 4 rings (SSSR count). The van der Waals surface area contributed by atoms with Crippen molar-refractivity contribution in [2.24, 2.45) is 0 Å². The Morgan fingerprint density at radius 2 is 1.97 bits per heavy atom. The lowest BCUT2D eigenvalue weighted by Gasteiger charge is -2.09. The third-order valence-corrected chi connectivity index (χ3v) is 5.68. The number of ether oxygens (including phenoxy) is 1. The van der Waals surface area contributed by atoms with E-state index < -0.39 is 0 Å². The SMILES string of the molecule is CCOc1ccc2nc(NC(=O)Cn3nc(-c4cc(C)ccc4C)ccc3=O)sc2c1. The fourth-order valence-electron chi connectivity index (χ4n) is 3.23. The molecule has 0 radical (unpaired) electrons. The number of aromatic nitrogens is 3. The molecule has 0 unspecified atom stereocenters. The van der Waals surface area contributed by atoms with Gasteiger partial charge in [0.25, 0.3) is 5.56 Å². The predicted molar refractivity (Wildman–Crippen MR) is 123 cm³/mol. The number of fused-ring (bicyclic) bond motifs is 1. The standard InChI is InChI=1S/C23H22N4O3S/c1-4-30-16-7-8-19-20(12-16)31-23(24-19)25-21(28)13-27-22(29)10-9-18(26-27)17-11-14(2)5-6-15(17)3/h5-12H,4,13H2,1-3H3,(H,24,25,28). The Morgan fingerprint density at radius 3 is 2.77 bits per heavy atom. The Hall–Kier alpha value is -3.52. The van der Waals surface area contributed by atoms with Gasteiger partial charge in [-0.05, 0) is 56.7 Å². The summed E-state index contributed by atoms with van der Waals surface area (Å²) in [5.74, 6) is 0.396. The van der Waals surface area contributed by atoms with Gasteiger partial charge >= 0.3 is 0 Å². The molecule has 0 fully saturated rings. The van der Waals surface area contributed by atoms with Gasteiger partial charge in [-0.3, -0.25) is 9.59 Å². The molecule has 4 aromatic rings. The quantitative estimate of drug-likeness (QED) is 0.492. The van der Waals surface area contributed by atoms with E-state index in [1.165, 1.54) is 22.1 Å². The summed E-state index contributed by atoms with van der Waals surface area (Å²) in [6.45, 7) is 6.30. The summed E-state index contributed by atoms with van der Waals surface area (Å²) in [5, 5.41) is 7.64.